The van der Waals surface area contributed by atoms with Gasteiger partial charge in [0.05, 0.1) is 19.1 Å². The van der Waals surface area contributed by atoms with Crippen LogP contribution in [0.15, 0.2) is 36.4 Å². The second-order valence-corrected chi connectivity index (χ2v) is 4.02. The first-order chi connectivity index (χ1) is 8.58. The number of hydrogen-bond donors (Lipinski definition) is 2. The van der Waals surface area contributed by atoms with E-state index in [0.717, 1.165) is 5.75 Å². The molecular formula is C14H19NO3. The third-order valence-electron chi connectivity index (χ3n) is 2.67. The average Bonchev–Trinajstić information content (AvgIpc) is 2.39. The van der Waals surface area contributed by atoms with Gasteiger partial charge in [-0.3, -0.25) is 4.79 Å². The lowest BCUT2D eigenvalue weighted by Gasteiger charge is -2.15. The number of methoxy groups -OCH3 is 1. The predicted molar refractivity (Wildman–Crippen MR) is 71.6 cm³/mol. The normalized spacial score (nSPS) is 14.2. The Morgan fingerprint density at radius 3 is 2.50 bits per heavy atom. The number of rotatable bonds is 5. The minimum Gasteiger partial charge on any atom is -0.497 e. The summed E-state index contributed by atoms with van der Waals surface area (Å²) < 4.78 is 5.03. The Hall–Kier alpha value is -1.81. The van der Waals surface area contributed by atoms with Crippen LogP contribution in [0.5, 0.6) is 5.75 Å². The van der Waals surface area contributed by atoms with Crippen molar-refractivity contribution in [2.75, 3.05) is 12.4 Å². The molecule has 1 aromatic carbocycles. The first-order valence-corrected chi connectivity index (χ1v) is 5.84. The Labute approximate surface area is 107 Å². The number of carbonyl (C=O) groups is 1. The maximum absolute atomic E-state index is 11.8. The molecule has 2 atom stereocenters. The molecule has 0 aliphatic carbocycles. The molecule has 0 bridgehead atoms. The molecule has 0 aliphatic rings. The molecule has 0 spiro atoms. The Morgan fingerprint density at radius 2 is 2.00 bits per heavy atom. The number of carbonyl (C=O) groups excluding carboxylic acids is 1. The second-order valence-electron chi connectivity index (χ2n) is 4.02. The summed E-state index contributed by atoms with van der Waals surface area (Å²) in [4.78, 5) is 11.8. The molecule has 0 unspecified atom stereocenters. The maximum Gasteiger partial charge on any atom is 0.230 e. The van der Waals surface area contributed by atoms with Gasteiger partial charge in [0, 0.05) is 5.69 Å². The van der Waals surface area contributed by atoms with Crippen molar-refractivity contribution in [3.8, 4) is 5.75 Å². The van der Waals surface area contributed by atoms with E-state index in [1.165, 1.54) is 0 Å². The Balaban J connectivity index is 2.63. The van der Waals surface area contributed by atoms with E-state index >= 15 is 0 Å². The zero-order valence-corrected chi connectivity index (χ0v) is 10.9. The smallest absolute Gasteiger partial charge is 0.230 e. The zero-order chi connectivity index (χ0) is 13.5. The highest BCUT2D eigenvalue weighted by molar-refractivity contribution is 5.92. The van der Waals surface area contributed by atoms with Gasteiger partial charge < -0.3 is 15.2 Å². The van der Waals surface area contributed by atoms with Crippen molar-refractivity contribution in [1.29, 1.82) is 0 Å². The van der Waals surface area contributed by atoms with Crippen LogP contribution in [0.3, 0.4) is 0 Å². The molecule has 1 rings (SSSR count). The highest BCUT2D eigenvalue weighted by Gasteiger charge is 2.19. The Morgan fingerprint density at radius 1 is 1.39 bits per heavy atom. The van der Waals surface area contributed by atoms with Gasteiger partial charge in [-0.25, -0.2) is 0 Å². The summed E-state index contributed by atoms with van der Waals surface area (Å²) in [5, 5.41) is 12.4. The second kappa shape index (κ2) is 6.81. The third-order valence-corrected chi connectivity index (χ3v) is 2.67. The molecule has 4 nitrogen and oxygen atoms in total. The first-order valence-electron chi connectivity index (χ1n) is 5.84. The Bertz CT molecular complexity index is 412. The fourth-order valence-corrected chi connectivity index (χ4v) is 1.45. The molecular weight excluding hydrogens is 230 g/mol. The Kier molecular flexibility index (Phi) is 5.39. The van der Waals surface area contributed by atoms with Crippen molar-refractivity contribution in [1.82, 2.24) is 0 Å². The minimum absolute atomic E-state index is 0.217. The maximum atomic E-state index is 11.8. The molecule has 0 radical (unpaired) electrons. The summed E-state index contributed by atoms with van der Waals surface area (Å²) in [5.41, 5.74) is 0.681. The zero-order valence-electron chi connectivity index (χ0n) is 10.9. The van der Waals surface area contributed by atoms with Crippen molar-refractivity contribution in [3.05, 3.63) is 36.4 Å². The summed E-state index contributed by atoms with van der Waals surface area (Å²) in [5.74, 6) is 0.0177. The van der Waals surface area contributed by atoms with Crippen LogP contribution in [0.2, 0.25) is 0 Å². The molecule has 0 aliphatic heterocycles. The van der Waals surface area contributed by atoms with Gasteiger partial charge in [-0.1, -0.05) is 19.1 Å². The first kappa shape index (κ1) is 14.3. The lowest BCUT2D eigenvalue weighted by Crippen LogP contribution is -2.29. The van der Waals surface area contributed by atoms with E-state index in [-0.39, 0.29) is 5.91 Å². The summed E-state index contributed by atoms with van der Waals surface area (Å²) in [6.45, 7) is 3.49. The molecule has 4 heteroatoms. The molecule has 0 fully saturated rings. The van der Waals surface area contributed by atoms with E-state index in [1.54, 1.807) is 57.4 Å². The summed E-state index contributed by atoms with van der Waals surface area (Å²) in [6.07, 6.45) is 2.55. The van der Waals surface area contributed by atoms with Gasteiger partial charge in [0.1, 0.15) is 5.75 Å². The topological polar surface area (TPSA) is 58.6 Å². The van der Waals surface area contributed by atoms with Crippen LogP contribution in [0.25, 0.3) is 0 Å². The average molecular weight is 249 g/mol. The lowest BCUT2D eigenvalue weighted by atomic mass is 10.0. The van der Waals surface area contributed by atoms with Crippen molar-refractivity contribution < 1.29 is 14.6 Å². The number of ether oxygens (including phenoxy) is 1. The summed E-state index contributed by atoms with van der Waals surface area (Å²) in [7, 11) is 1.59. The van der Waals surface area contributed by atoms with Crippen molar-refractivity contribution in [2.45, 2.75) is 20.0 Å². The van der Waals surface area contributed by atoms with E-state index in [9.17, 15) is 9.90 Å². The summed E-state index contributed by atoms with van der Waals surface area (Å²) >= 11 is 0. The van der Waals surface area contributed by atoms with Gasteiger partial charge in [0.25, 0.3) is 0 Å². The number of allylic oxidation sites excluding steroid dienone is 1. The molecule has 1 aromatic rings. The predicted octanol–water partition coefficient (Wildman–Crippen LogP) is 2.21. The van der Waals surface area contributed by atoms with Gasteiger partial charge in [-0.15, -0.1) is 0 Å². The quantitative estimate of drug-likeness (QED) is 0.786. The standard InChI is InChI=1S/C14H19NO3/c1-4-5-13(16)10(2)14(17)15-11-6-8-12(18-3)9-7-11/h4-10,13,16H,1-3H3,(H,15,17)/b5-4+/t10-,13-/m0/s1. The lowest BCUT2D eigenvalue weighted by molar-refractivity contribution is -0.121. The molecule has 18 heavy (non-hydrogen) atoms. The van der Waals surface area contributed by atoms with Crippen molar-refractivity contribution >= 4 is 11.6 Å². The molecule has 0 saturated carbocycles. The van der Waals surface area contributed by atoms with Gasteiger partial charge in [-0.05, 0) is 31.2 Å². The van der Waals surface area contributed by atoms with Crippen LogP contribution >= 0.6 is 0 Å². The highest BCUT2D eigenvalue weighted by atomic mass is 16.5. The largest absolute Gasteiger partial charge is 0.497 e. The number of nitrogens with one attached hydrogen (secondary N) is 1. The van der Waals surface area contributed by atoms with Crippen molar-refractivity contribution in [2.24, 2.45) is 5.92 Å². The molecule has 0 heterocycles. The van der Waals surface area contributed by atoms with E-state index in [2.05, 4.69) is 5.32 Å². The third kappa shape index (κ3) is 3.89. The van der Waals surface area contributed by atoms with Gasteiger partial charge in [0.2, 0.25) is 5.91 Å². The fraction of sp³-hybridized carbons (Fsp3) is 0.357. The van der Waals surface area contributed by atoms with Crippen LogP contribution in [-0.4, -0.2) is 24.2 Å². The van der Waals surface area contributed by atoms with Crippen LogP contribution < -0.4 is 10.1 Å². The van der Waals surface area contributed by atoms with E-state index in [4.69, 9.17) is 4.74 Å². The fourth-order valence-electron chi connectivity index (χ4n) is 1.45. The number of anilines is 1. The van der Waals surface area contributed by atoms with Crippen molar-refractivity contribution in [3.63, 3.8) is 0 Å². The molecule has 0 saturated heterocycles. The van der Waals surface area contributed by atoms with Crippen LogP contribution in [0.1, 0.15) is 13.8 Å². The van der Waals surface area contributed by atoms with Gasteiger partial charge >= 0.3 is 0 Å². The molecule has 1 amide bonds. The van der Waals surface area contributed by atoms with E-state index in [1.807, 2.05) is 0 Å². The molecule has 98 valence electrons. The van der Waals surface area contributed by atoms with Crippen LogP contribution in [-0.2, 0) is 4.79 Å². The monoisotopic (exact) mass is 249 g/mol. The number of aliphatic hydroxyl groups excluding tert-OH is 1. The number of amides is 1. The van der Waals surface area contributed by atoms with E-state index in [0.29, 0.717) is 5.69 Å². The number of hydrogen-bond acceptors (Lipinski definition) is 3. The molecule has 0 aromatic heterocycles. The SMILES string of the molecule is C/C=C/[C@H](O)[C@H](C)C(=O)Nc1ccc(OC)cc1. The number of benzene rings is 1. The van der Waals surface area contributed by atoms with Gasteiger partial charge in [-0.2, -0.15) is 0 Å². The summed E-state index contributed by atoms with van der Waals surface area (Å²) in [6, 6.07) is 7.04. The van der Waals surface area contributed by atoms with Crippen LogP contribution in [0.4, 0.5) is 5.69 Å². The van der Waals surface area contributed by atoms with E-state index < -0.39 is 12.0 Å². The highest BCUT2D eigenvalue weighted by Crippen LogP contribution is 2.16. The van der Waals surface area contributed by atoms with Crippen LogP contribution in [0, 0.1) is 5.92 Å². The molecule has 2 N–H and O–H groups in total. The number of aliphatic hydroxyl groups is 1. The van der Waals surface area contributed by atoms with Gasteiger partial charge in [0.15, 0.2) is 0 Å². The minimum atomic E-state index is -0.770.